The standard InChI is InChI=1S/C8H15N2O5Si/c1-4-13-16(14-5-2,15-6-3)8(12)10-9-7-11/h4-6H2,1-3H3. The third-order valence-electron chi connectivity index (χ3n) is 1.45. The number of azo groups is 1. The molecule has 0 N–H and O–H groups in total. The van der Waals surface area contributed by atoms with Gasteiger partial charge in [0.15, 0.2) is 0 Å². The fourth-order valence-corrected chi connectivity index (χ4v) is 2.94. The van der Waals surface area contributed by atoms with Gasteiger partial charge in [-0.3, -0.25) is 9.59 Å². The van der Waals surface area contributed by atoms with Gasteiger partial charge < -0.3 is 13.3 Å². The number of nitrogens with zero attached hydrogens (tertiary/aromatic N) is 2. The van der Waals surface area contributed by atoms with Gasteiger partial charge in [0, 0.05) is 19.8 Å². The fourth-order valence-electron chi connectivity index (χ4n) is 1.01. The van der Waals surface area contributed by atoms with Crippen LogP contribution in [0.5, 0.6) is 0 Å². The topological polar surface area (TPSA) is 86.6 Å². The molecule has 0 aromatic heterocycles. The quantitative estimate of drug-likeness (QED) is 0.476. The molecular formula is C8H15N2O5Si. The molecule has 0 fully saturated rings. The zero-order valence-corrected chi connectivity index (χ0v) is 10.6. The second-order valence-corrected chi connectivity index (χ2v) is 4.86. The molecule has 0 spiro atoms. The van der Waals surface area contributed by atoms with E-state index in [0.717, 1.165) is 6.41 Å². The summed E-state index contributed by atoms with van der Waals surface area (Å²) in [5, 5.41) is 5.97. The Kier molecular flexibility index (Phi) is 7.72. The number of hydrogen-bond acceptors (Lipinski definition) is 5. The van der Waals surface area contributed by atoms with E-state index in [1.165, 1.54) is 0 Å². The molecule has 0 aliphatic rings. The molecule has 1 radical (unpaired) electrons. The summed E-state index contributed by atoms with van der Waals surface area (Å²) in [6.07, 6.45) is 1.14. The van der Waals surface area contributed by atoms with E-state index in [1.54, 1.807) is 20.8 Å². The lowest BCUT2D eigenvalue weighted by atomic mass is 10.9. The van der Waals surface area contributed by atoms with Gasteiger partial charge >= 0.3 is 20.7 Å². The Bertz CT molecular complexity index is 242. The minimum Gasteiger partial charge on any atom is -0.367 e. The predicted octanol–water partition coefficient (Wildman–Crippen LogP) is 1.26. The van der Waals surface area contributed by atoms with E-state index in [2.05, 4.69) is 10.2 Å². The summed E-state index contributed by atoms with van der Waals surface area (Å²) in [4.78, 5) is 21.5. The molecule has 91 valence electrons. The van der Waals surface area contributed by atoms with Gasteiger partial charge in [-0.1, -0.05) is 5.11 Å². The molecule has 0 unspecified atom stereocenters. The van der Waals surface area contributed by atoms with E-state index >= 15 is 0 Å². The van der Waals surface area contributed by atoms with Crippen molar-refractivity contribution in [3.8, 4) is 0 Å². The largest absolute Gasteiger partial charge is 0.602 e. The SMILES string of the molecule is CCO[Si](OCC)(OCC)C(=O)N=N[C]=O. The molecule has 0 bridgehead atoms. The molecule has 7 nitrogen and oxygen atoms in total. The lowest BCUT2D eigenvalue weighted by molar-refractivity contribution is 0.0802. The van der Waals surface area contributed by atoms with Gasteiger partial charge in [-0.25, -0.2) is 0 Å². The molecule has 0 aromatic carbocycles. The van der Waals surface area contributed by atoms with E-state index < -0.39 is 14.3 Å². The van der Waals surface area contributed by atoms with Crippen molar-refractivity contribution in [1.29, 1.82) is 0 Å². The number of carbonyl (C=O) groups excluding carboxylic acids is 2. The van der Waals surface area contributed by atoms with Crippen LogP contribution in [-0.4, -0.2) is 40.6 Å². The predicted molar refractivity (Wildman–Crippen MR) is 56.6 cm³/mol. The summed E-state index contributed by atoms with van der Waals surface area (Å²) >= 11 is 0. The van der Waals surface area contributed by atoms with Gasteiger partial charge in [0.2, 0.25) is 0 Å². The maximum atomic E-state index is 11.6. The van der Waals surface area contributed by atoms with Crippen LogP contribution in [0.3, 0.4) is 0 Å². The Morgan fingerprint density at radius 3 is 1.88 bits per heavy atom. The Hall–Kier alpha value is -0.963. The number of hydrogen-bond donors (Lipinski definition) is 0. The van der Waals surface area contributed by atoms with Gasteiger partial charge in [-0.05, 0) is 20.8 Å². The molecule has 0 saturated carbocycles. The van der Waals surface area contributed by atoms with Crippen LogP contribution < -0.4 is 0 Å². The summed E-state index contributed by atoms with van der Waals surface area (Å²) in [6, 6.07) is 0. The van der Waals surface area contributed by atoms with Gasteiger partial charge in [-0.2, -0.15) is 0 Å². The van der Waals surface area contributed by atoms with Crippen LogP contribution in [0, 0.1) is 0 Å². The first kappa shape index (κ1) is 15.0. The Morgan fingerprint density at radius 1 is 1.12 bits per heavy atom. The van der Waals surface area contributed by atoms with E-state index in [9.17, 15) is 9.59 Å². The summed E-state index contributed by atoms with van der Waals surface area (Å²) in [5.41, 5.74) is -0.790. The molecule has 0 heterocycles. The maximum Gasteiger partial charge on any atom is 0.602 e. The average molecular weight is 247 g/mol. The zero-order valence-electron chi connectivity index (χ0n) is 9.56. The molecule has 0 aliphatic heterocycles. The fraction of sp³-hybridized carbons (Fsp3) is 0.750. The second kappa shape index (κ2) is 8.22. The van der Waals surface area contributed by atoms with Crippen molar-refractivity contribution in [3.05, 3.63) is 0 Å². The number of rotatable bonds is 8. The second-order valence-electron chi connectivity index (χ2n) is 2.45. The molecule has 0 aliphatic carbocycles. The molecule has 0 aromatic rings. The number of carbonyl (C=O) groups is 1. The minimum atomic E-state index is -3.51. The molecule has 16 heavy (non-hydrogen) atoms. The van der Waals surface area contributed by atoms with Crippen molar-refractivity contribution in [1.82, 2.24) is 0 Å². The van der Waals surface area contributed by atoms with Crippen LogP contribution in [0.2, 0.25) is 0 Å². The van der Waals surface area contributed by atoms with Crippen molar-refractivity contribution in [3.63, 3.8) is 0 Å². The highest BCUT2D eigenvalue weighted by Crippen LogP contribution is 2.13. The zero-order chi connectivity index (χ0) is 12.4. The van der Waals surface area contributed by atoms with Crippen LogP contribution in [0.4, 0.5) is 4.79 Å². The van der Waals surface area contributed by atoms with E-state index in [1.807, 2.05) is 0 Å². The summed E-state index contributed by atoms with van der Waals surface area (Å²) < 4.78 is 15.7. The highest BCUT2D eigenvalue weighted by molar-refractivity contribution is 6.92. The van der Waals surface area contributed by atoms with Crippen LogP contribution in [-0.2, 0) is 18.1 Å². The van der Waals surface area contributed by atoms with Crippen molar-refractivity contribution in [2.75, 3.05) is 19.8 Å². The summed E-state index contributed by atoms with van der Waals surface area (Å²) in [7, 11) is -3.51. The summed E-state index contributed by atoms with van der Waals surface area (Å²) in [6.45, 7) is 5.86. The van der Waals surface area contributed by atoms with Crippen LogP contribution >= 0.6 is 0 Å². The van der Waals surface area contributed by atoms with Crippen LogP contribution in [0.15, 0.2) is 10.2 Å². The molecule has 8 heteroatoms. The Labute approximate surface area is 95.2 Å². The smallest absolute Gasteiger partial charge is 0.367 e. The Balaban J connectivity index is 4.89. The third-order valence-corrected chi connectivity index (χ3v) is 4.08. The summed E-state index contributed by atoms with van der Waals surface area (Å²) in [5.74, 6) is 0. The van der Waals surface area contributed by atoms with E-state index in [-0.39, 0.29) is 19.8 Å². The van der Waals surface area contributed by atoms with Crippen molar-refractivity contribution < 1.29 is 22.9 Å². The van der Waals surface area contributed by atoms with Gasteiger partial charge in [0.25, 0.3) is 0 Å². The first-order valence-corrected chi connectivity index (χ1v) is 6.63. The first-order valence-electron chi connectivity index (χ1n) is 4.91. The minimum absolute atomic E-state index is 0.248. The van der Waals surface area contributed by atoms with Gasteiger partial charge in [0.05, 0.1) is 0 Å². The lowest BCUT2D eigenvalue weighted by Crippen LogP contribution is -2.52. The van der Waals surface area contributed by atoms with Gasteiger partial charge in [0.1, 0.15) is 0 Å². The average Bonchev–Trinajstić information content (AvgIpc) is 2.26. The van der Waals surface area contributed by atoms with Crippen LogP contribution in [0.1, 0.15) is 20.8 Å². The van der Waals surface area contributed by atoms with E-state index in [4.69, 9.17) is 13.3 Å². The van der Waals surface area contributed by atoms with Crippen LogP contribution in [0.25, 0.3) is 0 Å². The molecule has 0 saturated heterocycles. The number of amides is 2. The van der Waals surface area contributed by atoms with Crippen molar-refractivity contribution >= 4 is 20.7 Å². The Morgan fingerprint density at radius 2 is 1.56 bits per heavy atom. The first-order chi connectivity index (χ1) is 7.66. The van der Waals surface area contributed by atoms with E-state index in [0.29, 0.717) is 0 Å². The van der Waals surface area contributed by atoms with Crippen molar-refractivity contribution in [2.24, 2.45) is 10.2 Å². The third kappa shape index (κ3) is 4.27. The maximum absolute atomic E-state index is 11.6. The van der Waals surface area contributed by atoms with Crippen molar-refractivity contribution in [2.45, 2.75) is 20.8 Å². The van der Waals surface area contributed by atoms with Gasteiger partial charge in [-0.15, -0.1) is 5.11 Å². The molecular weight excluding hydrogens is 232 g/mol. The molecule has 0 rings (SSSR count). The lowest BCUT2D eigenvalue weighted by Gasteiger charge is -2.24. The molecule has 2 amide bonds. The highest BCUT2D eigenvalue weighted by atomic mass is 28.4. The highest BCUT2D eigenvalue weighted by Gasteiger charge is 2.51. The monoisotopic (exact) mass is 247 g/mol. The normalized spacial score (nSPS) is 11.9. The molecule has 0 atom stereocenters.